The van der Waals surface area contributed by atoms with Crippen molar-refractivity contribution in [3.63, 3.8) is 0 Å². The Morgan fingerprint density at radius 2 is 2.19 bits per heavy atom. The molecule has 0 saturated carbocycles. The summed E-state index contributed by atoms with van der Waals surface area (Å²) in [6.45, 7) is 7.74. The lowest BCUT2D eigenvalue weighted by molar-refractivity contribution is -0.0285. The van der Waals surface area contributed by atoms with Crippen molar-refractivity contribution in [2.24, 2.45) is 13.0 Å². The normalized spacial score (nSPS) is 17.5. The highest BCUT2D eigenvalue weighted by Gasteiger charge is 2.31. The lowest BCUT2D eigenvalue weighted by Gasteiger charge is -2.32. The molecule has 0 radical (unpaired) electrons. The Morgan fingerprint density at radius 1 is 1.41 bits per heavy atom. The van der Waals surface area contributed by atoms with Crippen molar-refractivity contribution >= 4 is 5.91 Å². The first-order chi connectivity index (χ1) is 12.9. The number of hydrogen-bond acceptors (Lipinski definition) is 6. The molecule has 1 aliphatic rings. The minimum Gasteiger partial charge on any atom is -0.366 e. The predicted octanol–water partition coefficient (Wildman–Crippen LogP) is 0.940. The number of morpholine rings is 1. The molecule has 0 N–H and O–H groups in total. The number of carbonyl (C=O) groups excluding carboxylic acids is 1. The molecule has 2 aromatic heterocycles. The maximum atomic E-state index is 13.1. The van der Waals surface area contributed by atoms with Crippen LogP contribution in [-0.4, -0.2) is 55.3 Å². The minimum atomic E-state index is -0.408. The van der Waals surface area contributed by atoms with Crippen molar-refractivity contribution in [2.45, 2.75) is 39.8 Å². The first kappa shape index (κ1) is 19.2. The molecule has 1 unspecified atom stereocenters. The molecule has 1 fully saturated rings. The van der Waals surface area contributed by atoms with Gasteiger partial charge in [-0.25, -0.2) is 4.68 Å². The molecule has 27 heavy (non-hydrogen) atoms. The van der Waals surface area contributed by atoms with E-state index in [4.69, 9.17) is 4.74 Å². The van der Waals surface area contributed by atoms with E-state index in [1.54, 1.807) is 29.6 Å². The largest absolute Gasteiger partial charge is 0.366 e. The van der Waals surface area contributed by atoms with Crippen LogP contribution in [0.1, 0.15) is 48.1 Å². The van der Waals surface area contributed by atoms with E-state index in [0.717, 1.165) is 6.42 Å². The van der Waals surface area contributed by atoms with Gasteiger partial charge in [-0.1, -0.05) is 13.8 Å². The number of hydrogen-bond donors (Lipinski definition) is 0. The smallest absolute Gasteiger partial charge is 0.263 e. The van der Waals surface area contributed by atoms with Crippen LogP contribution in [-0.2, 0) is 18.3 Å². The highest BCUT2D eigenvalue weighted by Crippen LogP contribution is 2.21. The van der Waals surface area contributed by atoms with Gasteiger partial charge in [0.05, 0.1) is 13.2 Å². The van der Waals surface area contributed by atoms with Gasteiger partial charge in [-0.2, -0.15) is 0 Å². The molecule has 0 aromatic carbocycles. The van der Waals surface area contributed by atoms with E-state index < -0.39 is 6.10 Å². The molecule has 9 heteroatoms. The number of rotatable bonds is 5. The number of pyridine rings is 1. The van der Waals surface area contributed by atoms with Crippen LogP contribution >= 0.6 is 0 Å². The Labute approximate surface area is 157 Å². The molecule has 1 amide bonds. The maximum absolute atomic E-state index is 13.1. The highest BCUT2D eigenvalue weighted by molar-refractivity contribution is 5.95. The monoisotopic (exact) mass is 374 g/mol. The molecule has 146 valence electrons. The number of tetrazole rings is 1. The molecular formula is C18H26N6O3. The van der Waals surface area contributed by atoms with E-state index in [0.29, 0.717) is 43.5 Å². The van der Waals surface area contributed by atoms with Gasteiger partial charge in [-0.3, -0.25) is 9.59 Å². The number of carbonyl (C=O) groups is 1. The number of ether oxygens (including phenoxy) is 1. The Bertz CT molecular complexity index is 872. The predicted molar refractivity (Wildman–Crippen MR) is 98.3 cm³/mol. The van der Waals surface area contributed by atoms with Crippen molar-refractivity contribution in [1.82, 2.24) is 29.7 Å². The van der Waals surface area contributed by atoms with Crippen molar-refractivity contribution in [1.29, 1.82) is 0 Å². The second kappa shape index (κ2) is 7.99. The lowest BCUT2D eigenvalue weighted by atomic mass is 10.1. The summed E-state index contributed by atoms with van der Waals surface area (Å²) in [5.41, 5.74) is 0.691. The van der Waals surface area contributed by atoms with Crippen molar-refractivity contribution in [3.05, 3.63) is 39.6 Å². The number of nitrogens with zero attached hydrogens (tertiary/aromatic N) is 6. The van der Waals surface area contributed by atoms with E-state index in [1.165, 1.54) is 4.68 Å². The fourth-order valence-electron chi connectivity index (χ4n) is 3.16. The van der Waals surface area contributed by atoms with Gasteiger partial charge in [0, 0.05) is 26.3 Å². The second-order valence-corrected chi connectivity index (χ2v) is 7.33. The van der Waals surface area contributed by atoms with Gasteiger partial charge >= 0.3 is 0 Å². The van der Waals surface area contributed by atoms with Gasteiger partial charge in [-0.15, -0.1) is 5.10 Å². The van der Waals surface area contributed by atoms with E-state index in [1.807, 2.05) is 6.07 Å². The first-order valence-electron chi connectivity index (χ1n) is 9.21. The Balaban J connectivity index is 1.83. The van der Waals surface area contributed by atoms with Crippen LogP contribution in [0.2, 0.25) is 0 Å². The van der Waals surface area contributed by atoms with Crippen LogP contribution in [0.25, 0.3) is 0 Å². The molecule has 0 aliphatic carbocycles. The molecule has 3 rings (SSSR count). The van der Waals surface area contributed by atoms with Crippen LogP contribution in [0.4, 0.5) is 0 Å². The molecule has 1 atom stereocenters. The van der Waals surface area contributed by atoms with Crippen LogP contribution < -0.4 is 5.56 Å². The summed E-state index contributed by atoms with van der Waals surface area (Å²) >= 11 is 0. The van der Waals surface area contributed by atoms with Crippen molar-refractivity contribution < 1.29 is 9.53 Å². The molecular weight excluding hydrogens is 348 g/mol. The zero-order chi connectivity index (χ0) is 19.6. The Kier molecular flexibility index (Phi) is 5.69. The summed E-state index contributed by atoms with van der Waals surface area (Å²) in [7, 11) is 1.73. The first-order valence-corrected chi connectivity index (χ1v) is 9.21. The maximum Gasteiger partial charge on any atom is 0.263 e. The van der Waals surface area contributed by atoms with E-state index >= 15 is 0 Å². The number of aromatic nitrogens is 5. The van der Waals surface area contributed by atoms with Crippen LogP contribution in [0.3, 0.4) is 0 Å². The molecule has 0 bridgehead atoms. The fourth-order valence-corrected chi connectivity index (χ4v) is 3.16. The lowest BCUT2D eigenvalue weighted by Crippen LogP contribution is -2.45. The molecule has 2 aromatic rings. The quantitative estimate of drug-likeness (QED) is 0.773. The van der Waals surface area contributed by atoms with Crippen LogP contribution in [0.5, 0.6) is 0 Å². The zero-order valence-electron chi connectivity index (χ0n) is 16.3. The third-order valence-corrected chi connectivity index (χ3v) is 4.83. The molecule has 1 saturated heterocycles. The number of aryl methyl sites for hydroxylation is 3. The third-order valence-electron chi connectivity index (χ3n) is 4.83. The molecule has 3 heterocycles. The van der Waals surface area contributed by atoms with E-state index in [9.17, 15) is 9.59 Å². The SMILES string of the molecule is Cc1ccn(CCC(C)C)c(=O)c1C(=O)N1CCOC(c2nnnn2C)C1. The average Bonchev–Trinajstić information content (AvgIpc) is 3.07. The fraction of sp³-hybridized carbons (Fsp3) is 0.611. The average molecular weight is 374 g/mol. The van der Waals surface area contributed by atoms with Gasteiger partial charge in [0.1, 0.15) is 11.7 Å². The van der Waals surface area contributed by atoms with Gasteiger partial charge in [-0.05, 0) is 41.3 Å². The standard InChI is InChI=1S/C18H26N6O3/c1-12(2)5-7-23-8-6-13(3)15(17(23)25)18(26)24-9-10-27-14(11-24)16-19-20-21-22(16)4/h6,8,12,14H,5,7,9-11H2,1-4H3. The van der Waals surface area contributed by atoms with Gasteiger partial charge < -0.3 is 14.2 Å². The molecule has 1 aliphatic heterocycles. The van der Waals surface area contributed by atoms with Gasteiger partial charge in [0.25, 0.3) is 11.5 Å². The van der Waals surface area contributed by atoms with Gasteiger partial charge in [0.2, 0.25) is 0 Å². The summed E-state index contributed by atoms with van der Waals surface area (Å²) in [5, 5.41) is 11.4. The topological polar surface area (TPSA) is 95.1 Å². The number of amides is 1. The van der Waals surface area contributed by atoms with Crippen LogP contribution in [0, 0.1) is 12.8 Å². The van der Waals surface area contributed by atoms with Crippen molar-refractivity contribution in [2.75, 3.05) is 19.7 Å². The van der Waals surface area contributed by atoms with Crippen molar-refractivity contribution in [3.8, 4) is 0 Å². The summed E-state index contributed by atoms with van der Waals surface area (Å²) in [5.74, 6) is 0.781. The van der Waals surface area contributed by atoms with E-state index in [-0.39, 0.29) is 17.0 Å². The summed E-state index contributed by atoms with van der Waals surface area (Å²) < 4.78 is 8.89. The zero-order valence-corrected chi connectivity index (χ0v) is 16.3. The molecule has 0 spiro atoms. The van der Waals surface area contributed by atoms with Crippen LogP contribution in [0.15, 0.2) is 17.1 Å². The second-order valence-electron chi connectivity index (χ2n) is 7.33. The molecule has 9 nitrogen and oxygen atoms in total. The summed E-state index contributed by atoms with van der Waals surface area (Å²) in [6.07, 6.45) is 2.24. The van der Waals surface area contributed by atoms with Gasteiger partial charge in [0.15, 0.2) is 5.82 Å². The third kappa shape index (κ3) is 4.08. The Morgan fingerprint density at radius 3 is 2.85 bits per heavy atom. The summed E-state index contributed by atoms with van der Waals surface area (Å²) in [6, 6.07) is 1.83. The Hall–Kier alpha value is -2.55. The van der Waals surface area contributed by atoms with E-state index in [2.05, 4.69) is 29.4 Å². The highest BCUT2D eigenvalue weighted by atomic mass is 16.5. The minimum absolute atomic E-state index is 0.232. The summed E-state index contributed by atoms with van der Waals surface area (Å²) in [4.78, 5) is 27.7.